The lowest BCUT2D eigenvalue weighted by Gasteiger charge is -2.08. The molecule has 0 amide bonds. The Morgan fingerprint density at radius 3 is 1.76 bits per heavy atom. The first-order chi connectivity index (χ1) is 8.26. The zero-order valence-corrected chi connectivity index (χ0v) is 14.8. The molecule has 96 valence electrons. The van der Waals surface area contributed by atoms with E-state index in [-0.39, 0.29) is 0 Å². The van der Waals surface area contributed by atoms with Gasteiger partial charge in [0.05, 0.1) is 26.4 Å². The number of ether oxygens (including phenoxy) is 2. The second-order valence-corrected chi connectivity index (χ2v) is 6.28. The summed E-state index contributed by atoms with van der Waals surface area (Å²) in [5, 5.41) is 1.75. The van der Waals surface area contributed by atoms with E-state index in [0.29, 0.717) is 13.2 Å². The molecule has 0 unspecified atom stereocenters. The van der Waals surface area contributed by atoms with Gasteiger partial charge in [-0.15, -0.1) is 0 Å². The van der Waals surface area contributed by atoms with E-state index in [2.05, 4.69) is 72.6 Å². The quantitative estimate of drug-likeness (QED) is 0.319. The summed E-state index contributed by atoms with van der Waals surface area (Å²) in [5.74, 6) is 0. The maximum Gasteiger partial charge on any atom is 0.0717 e. The molecule has 0 aliphatic rings. The zero-order valence-electron chi connectivity index (χ0n) is 9.43. The van der Waals surface area contributed by atoms with Gasteiger partial charge in [0.15, 0.2) is 0 Å². The first-order valence-corrected chi connectivity index (χ1v) is 8.64. The predicted octanol–water partition coefficient (Wildman–Crippen LogP) is 4.11. The van der Waals surface area contributed by atoms with Crippen molar-refractivity contribution in [1.82, 2.24) is 0 Å². The smallest absolute Gasteiger partial charge is 0.0717 e. The molecule has 0 atom stereocenters. The summed E-state index contributed by atoms with van der Waals surface area (Å²) in [6.45, 7) is 2.80. The van der Waals surface area contributed by atoms with Crippen LogP contribution >= 0.6 is 54.5 Å². The first-order valence-electron chi connectivity index (χ1n) is 5.32. The number of halogens is 3. The lowest BCUT2D eigenvalue weighted by atomic mass is 10.1. The highest BCUT2D eigenvalue weighted by Crippen LogP contribution is 2.14. The molecular formula is C12H15Br2IO2. The average molecular weight is 478 g/mol. The third-order valence-corrected chi connectivity index (χ3v) is 3.27. The van der Waals surface area contributed by atoms with Gasteiger partial charge in [-0.05, 0) is 45.9 Å². The summed E-state index contributed by atoms with van der Waals surface area (Å²) in [6.07, 6.45) is 0. The highest BCUT2D eigenvalue weighted by atomic mass is 127. The molecule has 5 heteroatoms. The summed E-state index contributed by atoms with van der Waals surface area (Å²) in [7, 11) is 0. The minimum absolute atomic E-state index is 0.661. The van der Waals surface area contributed by atoms with Crippen LogP contribution in [0.3, 0.4) is 0 Å². The second kappa shape index (κ2) is 9.72. The Labute approximate surface area is 133 Å². The Bertz CT molecular complexity index is 306. The van der Waals surface area contributed by atoms with Crippen LogP contribution < -0.4 is 0 Å². The van der Waals surface area contributed by atoms with Gasteiger partial charge in [-0.1, -0.05) is 37.9 Å². The second-order valence-electron chi connectivity index (χ2n) is 3.45. The molecule has 1 aromatic rings. The zero-order chi connectivity index (χ0) is 12.5. The van der Waals surface area contributed by atoms with Crippen molar-refractivity contribution in [2.45, 2.75) is 13.2 Å². The van der Waals surface area contributed by atoms with Gasteiger partial charge >= 0.3 is 0 Å². The normalized spacial score (nSPS) is 10.8. The molecule has 0 radical (unpaired) electrons. The maximum absolute atomic E-state index is 5.51. The molecule has 0 aliphatic carbocycles. The molecule has 1 rings (SSSR count). The monoisotopic (exact) mass is 476 g/mol. The van der Waals surface area contributed by atoms with Gasteiger partial charge in [-0.3, -0.25) is 0 Å². The van der Waals surface area contributed by atoms with E-state index in [0.717, 1.165) is 23.9 Å². The Morgan fingerprint density at radius 1 is 0.882 bits per heavy atom. The van der Waals surface area contributed by atoms with Crippen LogP contribution in [0.1, 0.15) is 11.1 Å². The van der Waals surface area contributed by atoms with Gasteiger partial charge in [0, 0.05) is 14.2 Å². The molecule has 0 heterocycles. The lowest BCUT2D eigenvalue weighted by Crippen LogP contribution is -2.00. The molecule has 0 spiro atoms. The third kappa shape index (κ3) is 7.10. The molecule has 17 heavy (non-hydrogen) atoms. The number of hydrogen-bond acceptors (Lipinski definition) is 2. The summed E-state index contributed by atoms with van der Waals surface area (Å²) in [5.41, 5.74) is 2.41. The molecule has 0 bridgehead atoms. The van der Waals surface area contributed by atoms with Crippen LogP contribution in [-0.2, 0) is 22.7 Å². The molecule has 0 N–H and O–H groups in total. The summed E-state index contributed by atoms with van der Waals surface area (Å²) < 4.78 is 12.2. The van der Waals surface area contributed by atoms with E-state index >= 15 is 0 Å². The third-order valence-electron chi connectivity index (χ3n) is 2.00. The van der Waals surface area contributed by atoms with E-state index in [4.69, 9.17) is 9.47 Å². The van der Waals surface area contributed by atoms with Crippen molar-refractivity contribution in [3.8, 4) is 0 Å². The van der Waals surface area contributed by atoms with Gasteiger partial charge in [-0.25, -0.2) is 0 Å². The molecular weight excluding hydrogens is 463 g/mol. The van der Waals surface area contributed by atoms with Crippen molar-refractivity contribution in [3.63, 3.8) is 0 Å². The fraction of sp³-hybridized carbons (Fsp3) is 0.500. The van der Waals surface area contributed by atoms with Crippen molar-refractivity contribution in [2.75, 3.05) is 23.9 Å². The summed E-state index contributed by atoms with van der Waals surface area (Å²) in [4.78, 5) is 0. The maximum atomic E-state index is 5.51. The average Bonchev–Trinajstić information content (AvgIpc) is 2.29. The molecule has 0 fully saturated rings. The van der Waals surface area contributed by atoms with E-state index in [1.165, 1.54) is 14.7 Å². The number of hydrogen-bond donors (Lipinski definition) is 0. The Hall–Kier alpha value is 0.830. The Balaban J connectivity index is 2.53. The van der Waals surface area contributed by atoms with E-state index in [1.807, 2.05) is 0 Å². The van der Waals surface area contributed by atoms with Gasteiger partial charge in [0.25, 0.3) is 0 Å². The largest absolute Gasteiger partial charge is 0.376 e. The molecule has 1 aromatic carbocycles. The summed E-state index contributed by atoms with van der Waals surface area (Å²) in [6, 6.07) is 6.43. The van der Waals surface area contributed by atoms with Gasteiger partial charge in [0.1, 0.15) is 0 Å². The Morgan fingerprint density at radius 2 is 1.35 bits per heavy atom. The lowest BCUT2D eigenvalue weighted by molar-refractivity contribution is 0.133. The number of alkyl halides is 2. The molecule has 0 saturated heterocycles. The van der Waals surface area contributed by atoms with Crippen LogP contribution in [-0.4, -0.2) is 23.9 Å². The van der Waals surface area contributed by atoms with Gasteiger partial charge in [0.2, 0.25) is 0 Å². The molecule has 2 nitrogen and oxygen atoms in total. The minimum atomic E-state index is 0.661. The van der Waals surface area contributed by atoms with Crippen LogP contribution in [0.25, 0.3) is 0 Å². The van der Waals surface area contributed by atoms with Gasteiger partial charge in [-0.2, -0.15) is 0 Å². The highest BCUT2D eigenvalue weighted by molar-refractivity contribution is 14.1. The standard InChI is InChI=1S/C12H15Br2IO2/c13-1-3-16-8-10-5-11(7-12(15)6-10)9-17-4-2-14/h5-7H,1-4,8-9H2. The fourth-order valence-corrected chi connectivity index (χ4v) is 2.63. The van der Waals surface area contributed by atoms with E-state index in [1.54, 1.807) is 0 Å². The van der Waals surface area contributed by atoms with Crippen LogP contribution in [0, 0.1) is 3.57 Å². The first kappa shape index (κ1) is 15.9. The van der Waals surface area contributed by atoms with Crippen molar-refractivity contribution < 1.29 is 9.47 Å². The number of benzene rings is 1. The van der Waals surface area contributed by atoms with E-state index in [9.17, 15) is 0 Å². The van der Waals surface area contributed by atoms with Crippen LogP contribution in [0.2, 0.25) is 0 Å². The van der Waals surface area contributed by atoms with Crippen LogP contribution in [0.4, 0.5) is 0 Å². The van der Waals surface area contributed by atoms with Crippen molar-refractivity contribution in [1.29, 1.82) is 0 Å². The molecule has 0 aliphatic heterocycles. The molecule has 0 aromatic heterocycles. The highest BCUT2D eigenvalue weighted by Gasteiger charge is 2.00. The molecule has 0 saturated carbocycles. The van der Waals surface area contributed by atoms with Crippen molar-refractivity contribution in [2.24, 2.45) is 0 Å². The topological polar surface area (TPSA) is 18.5 Å². The van der Waals surface area contributed by atoms with E-state index < -0.39 is 0 Å². The fourth-order valence-electron chi connectivity index (χ4n) is 1.37. The van der Waals surface area contributed by atoms with Crippen LogP contribution in [0.5, 0.6) is 0 Å². The van der Waals surface area contributed by atoms with Gasteiger partial charge < -0.3 is 9.47 Å². The minimum Gasteiger partial charge on any atom is -0.376 e. The Kier molecular flexibility index (Phi) is 9.08. The number of rotatable bonds is 8. The summed E-state index contributed by atoms with van der Waals surface area (Å²) >= 11 is 9.01. The van der Waals surface area contributed by atoms with Crippen molar-refractivity contribution >= 4 is 54.5 Å². The predicted molar refractivity (Wildman–Crippen MR) is 86.1 cm³/mol. The van der Waals surface area contributed by atoms with Crippen LogP contribution in [0.15, 0.2) is 18.2 Å². The SMILES string of the molecule is BrCCOCc1cc(I)cc(COCCBr)c1. The van der Waals surface area contributed by atoms with Crippen molar-refractivity contribution in [3.05, 3.63) is 32.9 Å².